The summed E-state index contributed by atoms with van der Waals surface area (Å²) >= 11 is 0. The van der Waals surface area contributed by atoms with Crippen LogP contribution in [0.25, 0.3) is 0 Å². The summed E-state index contributed by atoms with van der Waals surface area (Å²) in [5, 5.41) is 4.47. The molecule has 4 heteroatoms. The molecule has 1 aromatic heterocycles. The smallest absolute Gasteiger partial charge is 0.0637 e. The number of fused-ring (bicyclic) bond motifs is 2. The molecule has 4 nitrogen and oxygen atoms in total. The SMILES string of the molecule is Cn1ccc(CCN2C3CCCC2CC(N)C3)n1. The van der Waals surface area contributed by atoms with Crippen LogP contribution in [0, 0.1) is 0 Å². The van der Waals surface area contributed by atoms with Gasteiger partial charge >= 0.3 is 0 Å². The van der Waals surface area contributed by atoms with Gasteiger partial charge in [0.15, 0.2) is 0 Å². The van der Waals surface area contributed by atoms with Crippen molar-refractivity contribution in [3.05, 3.63) is 18.0 Å². The molecule has 0 aromatic carbocycles. The number of hydrogen-bond donors (Lipinski definition) is 1. The van der Waals surface area contributed by atoms with E-state index >= 15 is 0 Å². The molecule has 1 aromatic rings. The van der Waals surface area contributed by atoms with Gasteiger partial charge in [0, 0.05) is 44.3 Å². The van der Waals surface area contributed by atoms with Gasteiger partial charge in [-0.3, -0.25) is 9.58 Å². The molecule has 2 atom stereocenters. The number of rotatable bonds is 3. The van der Waals surface area contributed by atoms with Crippen LogP contribution in [0.15, 0.2) is 12.3 Å². The second-order valence-corrected chi connectivity index (χ2v) is 5.94. The second kappa shape index (κ2) is 5.02. The number of hydrogen-bond acceptors (Lipinski definition) is 3. The Kier molecular flexibility index (Phi) is 3.39. The fraction of sp³-hybridized carbons (Fsp3) is 0.786. The highest BCUT2D eigenvalue weighted by atomic mass is 15.3. The highest BCUT2D eigenvalue weighted by Gasteiger charge is 2.36. The van der Waals surface area contributed by atoms with E-state index in [1.165, 1.54) is 37.8 Å². The van der Waals surface area contributed by atoms with Crippen LogP contribution in [0.5, 0.6) is 0 Å². The van der Waals surface area contributed by atoms with Gasteiger partial charge in [0.05, 0.1) is 5.69 Å². The van der Waals surface area contributed by atoms with Crippen molar-refractivity contribution in [3.63, 3.8) is 0 Å². The van der Waals surface area contributed by atoms with Crippen LogP contribution in [-0.2, 0) is 13.5 Å². The van der Waals surface area contributed by atoms with Crippen molar-refractivity contribution in [1.82, 2.24) is 14.7 Å². The zero-order valence-corrected chi connectivity index (χ0v) is 11.3. The molecule has 0 saturated carbocycles. The van der Waals surface area contributed by atoms with E-state index in [0.717, 1.165) is 25.0 Å². The highest BCUT2D eigenvalue weighted by molar-refractivity contribution is 5.01. The molecule has 3 heterocycles. The first-order valence-corrected chi connectivity index (χ1v) is 7.22. The monoisotopic (exact) mass is 248 g/mol. The van der Waals surface area contributed by atoms with Gasteiger partial charge in [-0.05, 0) is 31.7 Å². The third-order valence-corrected chi connectivity index (χ3v) is 4.56. The number of aryl methyl sites for hydroxylation is 1. The van der Waals surface area contributed by atoms with E-state index in [4.69, 9.17) is 5.73 Å². The summed E-state index contributed by atoms with van der Waals surface area (Å²) in [4.78, 5) is 2.71. The number of aromatic nitrogens is 2. The minimum atomic E-state index is 0.436. The summed E-state index contributed by atoms with van der Waals surface area (Å²) in [6.07, 6.45) is 9.56. The minimum Gasteiger partial charge on any atom is -0.328 e. The van der Waals surface area contributed by atoms with Crippen LogP contribution in [-0.4, -0.2) is 39.4 Å². The van der Waals surface area contributed by atoms with Gasteiger partial charge in [-0.25, -0.2) is 0 Å². The third-order valence-electron chi connectivity index (χ3n) is 4.56. The van der Waals surface area contributed by atoms with Crippen molar-refractivity contribution < 1.29 is 0 Å². The first kappa shape index (κ1) is 12.2. The van der Waals surface area contributed by atoms with Crippen molar-refractivity contribution in [3.8, 4) is 0 Å². The van der Waals surface area contributed by atoms with E-state index in [9.17, 15) is 0 Å². The van der Waals surface area contributed by atoms with Crippen molar-refractivity contribution in [1.29, 1.82) is 0 Å². The van der Waals surface area contributed by atoms with E-state index in [-0.39, 0.29) is 0 Å². The fourth-order valence-electron chi connectivity index (χ4n) is 3.73. The lowest BCUT2D eigenvalue weighted by atomic mass is 9.82. The number of piperidine rings is 2. The van der Waals surface area contributed by atoms with E-state index < -0.39 is 0 Å². The Morgan fingerprint density at radius 1 is 1.33 bits per heavy atom. The maximum absolute atomic E-state index is 6.16. The van der Waals surface area contributed by atoms with Crippen LogP contribution in [0.1, 0.15) is 37.8 Å². The molecular formula is C14H24N4. The maximum Gasteiger partial charge on any atom is 0.0637 e. The first-order valence-electron chi connectivity index (χ1n) is 7.22. The summed E-state index contributed by atoms with van der Waals surface area (Å²) in [7, 11) is 1.98. The normalized spacial score (nSPS) is 32.7. The number of nitrogens with zero attached hydrogens (tertiary/aromatic N) is 3. The van der Waals surface area contributed by atoms with Crippen molar-refractivity contribution in [2.75, 3.05) is 6.54 Å². The van der Waals surface area contributed by atoms with Gasteiger partial charge in [0.25, 0.3) is 0 Å². The van der Waals surface area contributed by atoms with E-state index in [1.54, 1.807) is 0 Å². The molecule has 18 heavy (non-hydrogen) atoms. The zero-order chi connectivity index (χ0) is 12.5. The molecule has 0 amide bonds. The molecule has 2 saturated heterocycles. The second-order valence-electron chi connectivity index (χ2n) is 5.94. The van der Waals surface area contributed by atoms with Crippen LogP contribution in [0.4, 0.5) is 0 Å². The lowest BCUT2D eigenvalue weighted by Crippen LogP contribution is -2.55. The van der Waals surface area contributed by atoms with E-state index in [1.807, 2.05) is 17.9 Å². The molecule has 3 rings (SSSR count). The van der Waals surface area contributed by atoms with Gasteiger partial charge in [-0.1, -0.05) is 6.42 Å². The summed E-state index contributed by atoms with van der Waals surface area (Å²) < 4.78 is 1.89. The van der Waals surface area contributed by atoms with Crippen LogP contribution < -0.4 is 5.73 Å². The molecule has 2 aliphatic heterocycles. The van der Waals surface area contributed by atoms with Crippen LogP contribution >= 0.6 is 0 Å². The van der Waals surface area contributed by atoms with Gasteiger partial charge in [-0.15, -0.1) is 0 Å². The Hall–Kier alpha value is -0.870. The number of nitrogens with two attached hydrogens (primary N) is 1. The Morgan fingerprint density at radius 2 is 2.06 bits per heavy atom. The lowest BCUT2D eigenvalue weighted by Gasteiger charge is -2.48. The average Bonchev–Trinajstić information content (AvgIpc) is 2.72. The molecule has 2 N–H and O–H groups in total. The lowest BCUT2D eigenvalue weighted by molar-refractivity contribution is 0.0325. The van der Waals surface area contributed by atoms with Crippen LogP contribution in [0.3, 0.4) is 0 Å². The third kappa shape index (κ3) is 2.45. The highest BCUT2D eigenvalue weighted by Crippen LogP contribution is 2.33. The Bertz CT molecular complexity index is 386. The van der Waals surface area contributed by atoms with Crippen molar-refractivity contribution >= 4 is 0 Å². The topological polar surface area (TPSA) is 47.1 Å². The summed E-state index contributed by atoms with van der Waals surface area (Å²) in [6.45, 7) is 1.15. The molecule has 0 spiro atoms. The summed E-state index contributed by atoms with van der Waals surface area (Å²) in [5.41, 5.74) is 7.37. The van der Waals surface area contributed by atoms with Gasteiger partial charge in [0.1, 0.15) is 0 Å². The molecule has 0 radical (unpaired) electrons. The van der Waals surface area contributed by atoms with E-state index in [2.05, 4.69) is 16.1 Å². The van der Waals surface area contributed by atoms with Crippen molar-refractivity contribution in [2.24, 2.45) is 12.8 Å². The van der Waals surface area contributed by atoms with Crippen molar-refractivity contribution in [2.45, 2.75) is 56.7 Å². The van der Waals surface area contributed by atoms with Gasteiger partial charge < -0.3 is 5.73 Å². The molecule has 2 fully saturated rings. The van der Waals surface area contributed by atoms with Gasteiger partial charge in [0.2, 0.25) is 0 Å². The molecule has 2 bridgehead atoms. The standard InChI is InChI=1S/C14H24N4/c1-17-7-5-12(16-17)6-8-18-13-3-2-4-14(18)10-11(15)9-13/h5,7,11,13-14H,2-4,6,8-10,15H2,1H3. The average molecular weight is 248 g/mol. The first-order chi connectivity index (χ1) is 8.72. The molecular weight excluding hydrogens is 224 g/mol. The Labute approximate surface area is 109 Å². The fourth-order valence-corrected chi connectivity index (χ4v) is 3.73. The minimum absolute atomic E-state index is 0.436. The maximum atomic E-state index is 6.16. The Morgan fingerprint density at radius 3 is 2.67 bits per heavy atom. The molecule has 100 valence electrons. The molecule has 2 aliphatic rings. The summed E-state index contributed by atoms with van der Waals surface area (Å²) in [5.74, 6) is 0. The predicted molar refractivity (Wildman–Crippen MR) is 72.3 cm³/mol. The Balaban J connectivity index is 1.61. The van der Waals surface area contributed by atoms with Crippen LogP contribution in [0.2, 0.25) is 0 Å². The largest absolute Gasteiger partial charge is 0.328 e. The van der Waals surface area contributed by atoms with E-state index in [0.29, 0.717) is 6.04 Å². The zero-order valence-electron chi connectivity index (χ0n) is 11.3. The molecule has 0 aliphatic carbocycles. The molecule has 2 unspecified atom stereocenters. The predicted octanol–water partition coefficient (Wildman–Crippen LogP) is 1.31. The van der Waals surface area contributed by atoms with Gasteiger partial charge in [-0.2, -0.15) is 5.10 Å². The summed E-state index contributed by atoms with van der Waals surface area (Å²) in [6, 6.07) is 4.03. The quantitative estimate of drug-likeness (QED) is 0.877.